The summed E-state index contributed by atoms with van der Waals surface area (Å²) in [6.07, 6.45) is 0.0953. The Labute approximate surface area is 91.4 Å². The molecule has 0 heterocycles. The van der Waals surface area contributed by atoms with E-state index in [1.54, 1.807) is 21.0 Å². The first-order chi connectivity index (χ1) is 5.81. The van der Waals surface area contributed by atoms with Crippen LogP contribution in [0, 0.1) is 0 Å². The van der Waals surface area contributed by atoms with Crippen molar-refractivity contribution >= 4 is 5.78 Å². The smallest absolute Gasteiger partial charge is 0.227 e. The molecule has 0 saturated carbocycles. The van der Waals surface area contributed by atoms with Crippen LogP contribution >= 0.6 is 0 Å². The number of ketones is 1. The Morgan fingerprint density at radius 2 is 2.07 bits per heavy atom. The number of aliphatic hydroxyl groups is 1. The molecule has 0 fully saturated rings. The lowest BCUT2D eigenvalue weighted by molar-refractivity contribution is -0.908. The van der Waals surface area contributed by atoms with Crippen molar-refractivity contribution in [2.24, 2.45) is 5.73 Å². The lowest BCUT2D eigenvalue weighted by Crippen LogP contribution is -3.00. The maximum absolute atomic E-state index is 11.2. The Kier molecular flexibility index (Phi) is 7.02. The lowest BCUT2D eigenvalue weighted by atomic mass is 10.2. The molecule has 0 spiro atoms. The molecule has 84 valence electrons. The Hall–Kier alpha value is -0.420. The summed E-state index contributed by atoms with van der Waals surface area (Å²) in [6, 6.07) is 0. The fourth-order valence-electron chi connectivity index (χ4n) is 1.26. The predicted molar refractivity (Wildman–Crippen MR) is 51.8 cm³/mol. The van der Waals surface area contributed by atoms with Crippen LogP contribution in [-0.4, -0.2) is 48.3 Å². The molecular weight excluding hydrogens is 204 g/mol. The molecule has 4 nitrogen and oxygen atoms in total. The van der Waals surface area contributed by atoms with Crippen LogP contribution < -0.4 is 18.1 Å². The topological polar surface area (TPSA) is 63.3 Å². The molecule has 0 rings (SSSR count). The highest BCUT2D eigenvalue weighted by molar-refractivity contribution is 5.92. The van der Waals surface area contributed by atoms with Crippen molar-refractivity contribution in [3.63, 3.8) is 0 Å². The van der Waals surface area contributed by atoms with Gasteiger partial charge in [0, 0.05) is 0 Å². The number of nitrogens with two attached hydrogens (primary N) is 1. The summed E-state index contributed by atoms with van der Waals surface area (Å²) in [4.78, 5) is 11.2. The van der Waals surface area contributed by atoms with Crippen LogP contribution in [-0.2, 0) is 4.79 Å². The summed E-state index contributed by atoms with van der Waals surface area (Å²) in [5, 5.41) is 9.18. The van der Waals surface area contributed by atoms with Crippen LogP contribution in [0.1, 0.15) is 6.92 Å². The van der Waals surface area contributed by atoms with Gasteiger partial charge in [-0.05, 0) is 13.0 Å². The van der Waals surface area contributed by atoms with Gasteiger partial charge in [0.1, 0.15) is 12.6 Å². The van der Waals surface area contributed by atoms with Crippen LogP contribution in [0.3, 0.4) is 0 Å². The van der Waals surface area contributed by atoms with Gasteiger partial charge in [0.05, 0.1) is 14.1 Å². The maximum atomic E-state index is 11.2. The molecule has 14 heavy (non-hydrogen) atoms. The van der Waals surface area contributed by atoms with E-state index >= 15 is 0 Å². The molecule has 2 unspecified atom stereocenters. The van der Waals surface area contributed by atoms with Crippen LogP contribution in [0.25, 0.3) is 0 Å². The Bertz CT molecular complexity index is 205. The zero-order chi connectivity index (χ0) is 10.6. The van der Waals surface area contributed by atoms with E-state index in [0.717, 1.165) is 0 Å². The highest BCUT2D eigenvalue weighted by Crippen LogP contribution is 2.05. The van der Waals surface area contributed by atoms with Gasteiger partial charge in [0.25, 0.3) is 0 Å². The lowest BCUT2D eigenvalue weighted by Gasteiger charge is -2.35. The average Bonchev–Trinajstić information content (AvgIpc) is 1.99. The summed E-state index contributed by atoms with van der Waals surface area (Å²) in [5.74, 6) is -0.203. The van der Waals surface area contributed by atoms with Gasteiger partial charge in [-0.2, -0.15) is 0 Å². The first-order valence-corrected chi connectivity index (χ1v) is 4.24. The number of likely N-dealkylation sites (N-methyl/N-ethyl adjacent to an activating group) is 1. The van der Waals surface area contributed by atoms with Gasteiger partial charge in [-0.15, -0.1) is 0 Å². The van der Waals surface area contributed by atoms with E-state index in [0.29, 0.717) is 6.54 Å². The molecule has 0 aromatic carbocycles. The van der Waals surface area contributed by atoms with Gasteiger partial charge in [0.2, 0.25) is 11.9 Å². The first-order valence-electron chi connectivity index (χ1n) is 4.24. The molecule has 0 radical (unpaired) electrons. The fraction of sp³-hybridized carbons (Fsp3) is 0.667. The highest BCUT2D eigenvalue weighted by atomic mass is 35.5. The second-order valence-corrected chi connectivity index (χ2v) is 3.86. The zero-order valence-electron chi connectivity index (χ0n) is 8.90. The van der Waals surface area contributed by atoms with Crippen LogP contribution in [0.2, 0.25) is 0 Å². The van der Waals surface area contributed by atoms with E-state index in [-0.39, 0.29) is 22.7 Å². The summed E-state index contributed by atoms with van der Waals surface area (Å²) >= 11 is 0. The largest absolute Gasteiger partial charge is 1.00 e. The number of carbonyl (C=O) groups is 1. The fourth-order valence-corrected chi connectivity index (χ4v) is 1.26. The van der Waals surface area contributed by atoms with E-state index in [9.17, 15) is 9.90 Å². The molecular formula is C9H19ClN2O2. The normalized spacial score (nSPS) is 15.2. The van der Waals surface area contributed by atoms with Gasteiger partial charge >= 0.3 is 0 Å². The monoisotopic (exact) mass is 222 g/mol. The van der Waals surface area contributed by atoms with Gasteiger partial charge in [0.15, 0.2) is 0 Å². The van der Waals surface area contributed by atoms with Crippen molar-refractivity contribution in [3.05, 3.63) is 12.7 Å². The molecule has 0 aliphatic heterocycles. The minimum atomic E-state index is -0.646. The second kappa shape index (κ2) is 6.14. The molecule has 0 aromatic heterocycles. The van der Waals surface area contributed by atoms with E-state index in [1.807, 2.05) is 0 Å². The zero-order valence-corrected chi connectivity index (χ0v) is 9.66. The van der Waals surface area contributed by atoms with Crippen molar-refractivity contribution in [2.45, 2.75) is 19.2 Å². The Morgan fingerprint density at radius 3 is 2.36 bits per heavy atom. The third kappa shape index (κ3) is 4.72. The molecule has 0 aliphatic carbocycles. The van der Waals surface area contributed by atoms with E-state index in [2.05, 4.69) is 6.58 Å². The minimum Gasteiger partial charge on any atom is -1.00 e. The van der Waals surface area contributed by atoms with E-state index in [1.165, 1.54) is 6.08 Å². The van der Waals surface area contributed by atoms with Crippen LogP contribution in [0.5, 0.6) is 0 Å². The third-order valence-electron chi connectivity index (χ3n) is 1.98. The number of hydrogen-bond donors (Lipinski definition) is 2. The Morgan fingerprint density at radius 1 is 1.64 bits per heavy atom. The van der Waals surface area contributed by atoms with Crippen molar-refractivity contribution < 1.29 is 26.8 Å². The van der Waals surface area contributed by atoms with Gasteiger partial charge in [-0.1, -0.05) is 6.58 Å². The minimum absolute atomic E-state index is 0. The summed E-state index contributed by atoms with van der Waals surface area (Å²) < 4.78 is 0.266. The number of nitrogens with zero attached hydrogens (tertiary/aromatic N) is 1. The number of hydrogen-bond acceptors (Lipinski definition) is 3. The summed E-state index contributed by atoms with van der Waals surface area (Å²) in [7, 11) is 3.61. The van der Waals surface area contributed by atoms with Crippen molar-refractivity contribution in [1.29, 1.82) is 0 Å². The molecule has 5 heteroatoms. The average molecular weight is 223 g/mol. The number of quaternary nitrogens is 1. The van der Waals surface area contributed by atoms with Gasteiger partial charge in [-0.25, -0.2) is 0 Å². The van der Waals surface area contributed by atoms with Gasteiger partial charge < -0.3 is 22.0 Å². The van der Waals surface area contributed by atoms with Crippen molar-refractivity contribution in [3.8, 4) is 0 Å². The number of rotatable bonds is 5. The quantitative estimate of drug-likeness (QED) is 0.288. The Balaban J connectivity index is 0. The maximum Gasteiger partial charge on any atom is 0.227 e. The molecule has 0 aromatic rings. The molecule has 0 aliphatic rings. The van der Waals surface area contributed by atoms with Crippen LogP contribution in [0.15, 0.2) is 12.7 Å². The van der Waals surface area contributed by atoms with Crippen LogP contribution in [0.4, 0.5) is 0 Å². The molecule has 0 saturated heterocycles. The third-order valence-corrected chi connectivity index (χ3v) is 1.98. The number of aliphatic hydroxyl groups excluding tert-OH is 1. The van der Waals surface area contributed by atoms with E-state index in [4.69, 9.17) is 5.73 Å². The van der Waals surface area contributed by atoms with Gasteiger partial charge in [-0.3, -0.25) is 10.5 Å². The second-order valence-electron chi connectivity index (χ2n) is 3.86. The van der Waals surface area contributed by atoms with Crippen molar-refractivity contribution in [1.82, 2.24) is 0 Å². The predicted octanol–water partition coefficient (Wildman–Crippen LogP) is -3.51. The summed E-state index contributed by atoms with van der Waals surface area (Å²) in [5.41, 5.74) is 5.69. The molecule has 0 bridgehead atoms. The molecule has 0 amide bonds. The van der Waals surface area contributed by atoms with Crippen molar-refractivity contribution in [2.75, 3.05) is 20.6 Å². The van der Waals surface area contributed by atoms with E-state index < -0.39 is 12.3 Å². The number of halogens is 1. The SMILES string of the molecule is C=CC(=O)C(N)[N+](C)(C)CC(C)O.[Cl-]. The highest BCUT2D eigenvalue weighted by Gasteiger charge is 2.30. The molecule has 3 N–H and O–H groups in total. The standard InChI is InChI=1S/C9H19N2O2.ClH/c1-5-8(13)9(10)11(3,4)6-7(2)12;/h5,7,9,12H,1,6,10H2,2-4H3;1H/q+1;/p-1. The number of carbonyl (C=O) groups excluding carboxylic acids is 1. The first kappa shape index (κ1) is 16.0. The molecule has 2 atom stereocenters. The summed E-state index contributed by atoms with van der Waals surface area (Å²) in [6.45, 7) is 5.49.